The van der Waals surface area contributed by atoms with Crippen molar-refractivity contribution >= 4 is 40.9 Å². The molecule has 9 heteroatoms. The van der Waals surface area contributed by atoms with E-state index >= 15 is 0 Å². The van der Waals surface area contributed by atoms with Gasteiger partial charge in [-0.3, -0.25) is 9.59 Å². The molecule has 1 aliphatic rings. The van der Waals surface area contributed by atoms with Crippen molar-refractivity contribution in [3.63, 3.8) is 0 Å². The number of halogens is 1. The van der Waals surface area contributed by atoms with Crippen molar-refractivity contribution in [1.82, 2.24) is 10.4 Å². The molecule has 0 fully saturated rings. The van der Waals surface area contributed by atoms with Crippen molar-refractivity contribution in [1.29, 1.82) is 0 Å². The molecule has 0 aliphatic carbocycles. The van der Waals surface area contributed by atoms with Crippen LogP contribution in [0.4, 0.5) is 5.82 Å². The average Bonchev–Trinajstić information content (AvgIpc) is 2.48. The van der Waals surface area contributed by atoms with Gasteiger partial charge in [-0.2, -0.15) is 5.10 Å². The van der Waals surface area contributed by atoms with E-state index in [1.54, 1.807) is 6.07 Å². The zero-order chi connectivity index (χ0) is 15.2. The fraction of sp³-hybridized carbons (Fsp3) is 0.250. The molecular weight excluding hydrogens is 300 g/mol. The second kappa shape index (κ2) is 6.80. The molecule has 0 radical (unpaired) electrons. The van der Waals surface area contributed by atoms with Gasteiger partial charge in [0.25, 0.3) is 5.91 Å². The lowest BCUT2D eigenvalue weighted by molar-refractivity contribution is -0.140. The zero-order valence-corrected chi connectivity index (χ0v) is 11.5. The van der Waals surface area contributed by atoms with Crippen LogP contribution in [0, 0.1) is 0 Å². The van der Waals surface area contributed by atoms with Gasteiger partial charge < -0.3 is 10.1 Å². The first-order chi connectivity index (χ1) is 10.0. The van der Waals surface area contributed by atoms with Crippen molar-refractivity contribution in [2.45, 2.75) is 12.8 Å². The summed E-state index contributed by atoms with van der Waals surface area (Å²) in [6, 6.07) is 3.08. The predicted molar refractivity (Wildman–Crippen MR) is 73.6 cm³/mol. The molecule has 1 aliphatic heterocycles. The summed E-state index contributed by atoms with van der Waals surface area (Å²) >= 11 is 5.66. The molecule has 0 bridgehead atoms. The minimum atomic E-state index is -0.741. The second-order valence-electron chi connectivity index (χ2n) is 4.08. The maximum absolute atomic E-state index is 11.6. The highest BCUT2D eigenvalue weighted by molar-refractivity contribution is 6.37. The molecule has 2 rings (SSSR count). The van der Waals surface area contributed by atoms with Crippen LogP contribution in [0.3, 0.4) is 0 Å². The third kappa shape index (κ3) is 4.53. The fourth-order valence-corrected chi connectivity index (χ4v) is 1.58. The van der Waals surface area contributed by atoms with E-state index in [9.17, 15) is 14.4 Å². The van der Waals surface area contributed by atoms with E-state index in [0.29, 0.717) is 10.8 Å². The molecule has 2 N–H and O–H groups in total. The number of pyridine rings is 1. The highest BCUT2D eigenvalue weighted by Crippen LogP contribution is 2.09. The van der Waals surface area contributed by atoms with Gasteiger partial charge in [-0.05, 0) is 12.1 Å². The van der Waals surface area contributed by atoms with Crippen molar-refractivity contribution in [3.05, 3.63) is 23.4 Å². The summed E-state index contributed by atoms with van der Waals surface area (Å²) in [7, 11) is 0. The van der Waals surface area contributed by atoms with Gasteiger partial charge in [0.2, 0.25) is 5.91 Å². The summed E-state index contributed by atoms with van der Waals surface area (Å²) in [5, 5.41) is 6.45. The van der Waals surface area contributed by atoms with Gasteiger partial charge in [-0.1, -0.05) is 11.6 Å². The molecule has 0 unspecified atom stereocenters. The summed E-state index contributed by atoms with van der Waals surface area (Å²) in [5.74, 6) is -1.26. The standard InChI is InChI=1S/C12H11ClN4O4/c13-7-1-3-9(14-5-7)15-11(19)6-21-12(20)8-2-4-10(18)17-16-8/h1,3,5H,2,4,6H2,(H,17,18)(H,14,15,19). The van der Waals surface area contributed by atoms with E-state index < -0.39 is 18.5 Å². The summed E-state index contributed by atoms with van der Waals surface area (Å²) < 4.78 is 4.79. The Morgan fingerprint density at radius 1 is 1.38 bits per heavy atom. The monoisotopic (exact) mass is 310 g/mol. The molecule has 0 saturated carbocycles. The number of aromatic nitrogens is 1. The van der Waals surface area contributed by atoms with Crippen LogP contribution < -0.4 is 10.7 Å². The first-order valence-corrected chi connectivity index (χ1v) is 6.36. The van der Waals surface area contributed by atoms with E-state index in [4.69, 9.17) is 16.3 Å². The minimum absolute atomic E-state index is 0.0759. The van der Waals surface area contributed by atoms with Crippen molar-refractivity contribution < 1.29 is 19.1 Å². The number of carbonyl (C=O) groups is 3. The fourth-order valence-electron chi connectivity index (χ4n) is 1.46. The van der Waals surface area contributed by atoms with Gasteiger partial charge in [0.15, 0.2) is 6.61 Å². The number of nitrogens with zero attached hydrogens (tertiary/aromatic N) is 2. The topological polar surface area (TPSA) is 110 Å². The summed E-state index contributed by atoms with van der Waals surface area (Å²) in [5.41, 5.74) is 2.25. The molecule has 0 spiro atoms. The summed E-state index contributed by atoms with van der Waals surface area (Å²) in [4.78, 5) is 37.9. The number of amides is 2. The molecular formula is C12H11ClN4O4. The number of anilines is 1. The molecule has 0 saturated heterocycles. The Morgan fingerprint density at radius 3 is 2.81 bits per heavy atom. The maximum Gasteiger partial charge on any atom is 0.355 e. The Kier molecular flexibility index (Phi) is 4.83. The van der Waals surface area contributed by atoms with Crippen molar-refractivity contribution in [2.75, 3.05) is 11.9 Å². The van der Waals surface area contributed by atoms with Crippen molar-refractivity contribution in [2.24, 2.45) is 5.10 Å². The van der Waals surface area contributed by atoms with E-state index in [0.717, 1.165) is 0 Å². The number of hydrogen-bond acceptors (Lipinski definition) is 6. The number of hydrogen-bond donors (Lipinski definition) is 2. The van der Waals surface area contributed by atoms with Crippen LogP contribution in [0.25, 0.3) is 0 Å². The highest BCUT2D eigenvalue weighted by atomic mass is 35.5. The maximum atomic E-state index is 11.6. The Bertz CT molecular complexity index is 600. The largest absolute Gasteiger partial charge is 0.451 e. The van der Waals surface area contributed by atoms with E-state index in [1.165, 1.54) is 12.3 Å². The van der Waals surface area contributed by atoms with Gasteiger partial charge in [0, 0.05) is 19.0 Å². The zero-order valence-electron chi connectivity index (χ0n) is 10.8. The lowest BCUT2D eigenvalue weighted by atomic mass is 10.2. The lowest BCUT2D eigenvalue weighted by Crippen LogP contribution is -2.32. The molecule has 1 aromatic heterocycles. The van der Waals surface area contributed by atoms with Gasteiger partial charge >= 0.3 is 5.97 Å². The predicted octanol–water partition coefficient (Wildman–Crippen LogP) is 0.483. The molecule has 0 aromatic carbocycles. The molecule has 1 aromatic rings. The number of esters is 1. The van der Waals surface area contributed by atoms with Crippen LogP contribution in [-0.2, 0) is 19.1 Å². The van der Waals surface area contributed by atoms with Crippen molar-refractivity contribution in [3.8, 4) is 0 Å². The third-order valence-corrected chi connectivity index (χ3v) is 2.69. The minimum Gasteiger partial charge on any atom is -0.451 e. The van der Waals surface area contributed by atoms with Crippen LogP contribution in [0.1, 0.15) is 12.8 Å². The number of ether oxygens (including phenoxy) is 1. The molecule has 8 nitrogen and oxygen atoms in total. The summed E-state index contributed by atoms with van der Waals surface area (Å²) in [6.07, 6.45) is 1.72. The van der Waals surface area contributed by atoms with Crippen LogP contribution in [0.15, 0.2) is 23.4 Å². The van der Waals surface area contributed by atoms with E-state index in [1.807, 2.05) is 0 Å². The Balaban J connectivity index is 1.79. The Hall–Kier alpha value is -2.48. The Morgan fingerprint density at radius 2 is 2.19 bits per heavy atom. The van der Waals surface area contributed by atoms with Crippen LogP contribution in [0.2, 0.25) is 5.02 Å². The molecule has 2 amide bonds. The van der Waals surface area contributed by atoms with E-state index in [-0.39, 0.29) is 24.5 Å². The number of nitrogens with one attached hydrogen (secondary N) is 2. The molecule has 110 valence electrons. The SMILES string of the molecule is O=C1CCC(C(=O)OCC(=O)Nc2ccc(Cl)cn2)=NN1. The quantitative estimate of drug-likeness (QED) is 0.786. The lowest BCUT2D eigenvalue weighted by Gasteiger charge is -2.11. The average molecular weight is 311 g/mol. The third-order valence-electron chi connectivity index (χ3n) is 2.47. The summed E-state index contributed by atoms with van der Waals surface area (Å²) in [6.45, 7) is -0.476. The first kappa shape index (κ1) is 14.9. The number of carbonyl (C=O) groups excluding carboxylic acids is 3. The normalized spacial score (nSPS) is 14.0. The Labute approximate surface area is 124 Å². The molecule has 2 heterocycles. The van der Waals surface area contributed by atoms with E-state index in [2.05, 4.69) is 20.8 Å². The number of rotatable bonds is 4. The van der Waals surface area contributed by atoms with Crippen LogP contribution in [0.5, 0.6) is 0 Å². The van der Waals surface area contributed by atoms with Gasteiger partial charge in [0.1, 0.15) is 11.5 Å². The molecule has 0 atom stereocenters. The second-order valence-corrected chi connectivity index (χ2v) is 4.52. The highest BCUT2D eigenvalue weighted by Gasteiger charge is 2.20. The van der Waals surface area contributed by atoms with Gasteiger partial charge in [-0.25, -0.2) is 15.2 Å². The van der Waals surface area contributed by atoms with Crippen LogP contribution >= 0.6 is 11.6 Å². The molecule has 21 heavy (non-hydrogen) atoms. The first-order valence-electron chi connectivity index (χ1n) is 5.98. The van der Waals surface area contributed by atoms with Gasteiger partial charge in [0.05, 0.1) is 5.02 Å². The number of hydrazone groups is 1. The van der Waals surface area contributed by atoms with Gasteiger partial charge in [-0.15, -0.1) is 0 Å². The van der Waals surface area contributed by atoms with Crippen LogP contribution in [-0.4, -0.2) is 35.1 Å². The smallest absolute Gasteiger partial charge is 0.355 e.